The Morgan fingerprint density at radius 2 is 1.95 bits per heavy atom. The summed E-state index contributed by atoms with van der Waals surface area (Å²) >= 11 is 3.40. The summed E-state index contributed by atoms with van der Waals surface area (Å²) in [6.45, 7) is 4.72. The van der Waals surface area contributed by atoms with E-state index in [-0.39, 0.29) is 5.91 Å². The van der Waals surface area contributed by atoms with E-state index >= 15 is 0 Å². The van der Waals surface area contributed by atoms with Crippen LogP contribution in [0.5, 0.6) is 0 Å². The van der Waals surface area contributed by atoms with Gasteiger partial charge in [0, 0.05) is 42.1 Å². The van der Waals surface area contributed by atoms with Crippen LogP contribution in [0.15, 0.2) is 41.1 Å². The van der Waals surface area contributed by atoms with Gasteiger partial charge in [0.25, 0.3) is 5.91 Å². The first-order chi connectivity index (χ1) is 10.6. The molecule has 0 bridgehead atoms. The van der Waals surface area contributed by atoms with Gasteiger partial charge in [-0.05, 0) is 49.9 Å². The zero-order chi connectivity index (χ0) is 15.5. The fraction of sp³-hybridized carbons (Fsp3) is 0.412. The monoisotopic (exact) mass is 361 g/mol. The Bertz CT molecular complexity index is 642. The first-order valence-corrected chi connectivity index (χ1v) is 8.45. The number of hydrogen-bond donors (Lipinski definition) is 0. The minimum Gasteiger partial charge on any atom is -0.339 e. The van der Waals surface area contributed by atoms with Gasteiger partial charge in [0.1, 0.15) is 5.82 Å². The number of halogens is 1. The van der Waals surface area contributed by atoms with Crippen LogP contribution in [0, 0.1) is 12.8 Å². The van der Waals surface area contributed by atoms with E-state index in [2.05, 4.69) is 25.5 Å². The van der Waals surface area contributed by atoms with E-state index in [4.69, 9.17) is 0 Å². The van der Waals surface area contributed by atoms with Crippen molar-refractivity contribution in [2.45, 2.75) is 26.3 Å². The molecule has 116 valence electrons. The van der Waals surface area contributed by atoms with E-state index in [1.165, 1.54) is 0 Å². The van der Waals surface area contributed by atoms with Crippen LogP contribution in [0.2, 0.25) is 0 Å². The van der Waals surface area contributed by atoms with Crippen LogP contribution >= 0.6 is 15.9 Å². The number of benzene rings is 1. The van der Waals surface area contributed by atoms with E-state index in [1.807, 2.05) is 48.5 Å². The van der Waals surface area contributed by atoms with Crippen LogP contribution in [0.25, 0.3) is 0 Å². The minimum atomic E-state index is 0.143. The van der Waals surface area contributed by atoms with Crippen molar-refractivity contribution in [3.05, 3.63) is 52.5 Å². The van der Waals surface area contributed by atoms with Crippen LogP contribution in [0.3, 0.4) is 0 Å². The number of piperidine rings is 1. The number of nitrogens with zero attached hydrogens (tertiary/aromatic N) is 3. The molecule has 1 fully saturated rings. The molecule has 1 aromatic heterocycles. The quantitative estimate of drug-likeness (QED) is 0.838. The lowest BCUT2D eigenvalue weighted by Crippen LogP contribution is -2.39. The minimum absolute atomic E-state index is 0.143. The fourth-order valence-electron chi connectivity index (χ4n) is 2.97. The Hall–Kier alpha value is -1.62. The number of rotatable bonds is 3. The number of hydrogen-bond acceptors (Lipinski definition) is 2. The molecule has 0 aliphatic carbocycles. The van der Waals surface area contributed by atoms with Crippen LogP contribution in [-0.4, -0.2) is 33.4 Å². The second-order valence-corrected chi connectivity index (χ2v) is 6.78. The third-order valence-corrected chi connectivity index (χ3v) is 4.90. The van der Waals surface area contributed by atoms with Gasteiger partial charge in [0.15, 0.2) is 0 Å². The average molecular weight is 362 g/mol. The van der Waals surface area contributed by atoms with Crippen molar-refractivity contribution >= 4 is 21.8 Å². The van der Waals surface area contributed by atoms with Crippen LogP contribution < -0.4 is 0 Å². The number of imidazole rings is 1. The lowest BCUT2D eigenvalue weighted by atomic mass is 9.96. The molecular weight excluding hydrogens is 342 g/mol. The standard InChI is InChI=1S/C17H20BrN3O/c1-13-19-8-11-21(13)12-14-6-9-20(10-7-14)17(22)15-2-4-16(18)5-3-15/h2-5,8,11,14H,6-7,9-10,12H2,1H3. The predicted molar refractivity (Wildman–Crippen MR) is 89.7 cm³/mol. The molecule has 2 aromatic rings. The van der Waals surface area contributed by atoms with Gasteiger partial charge in [-0.3, -0.25) is 4.79 Å². The smallest absolute Gasteiger partial charge is 0.253 e. The molecule has 4 nitrogen and oxygen atoms in total. The number of carbonyl (C=O) groups excluding carboxylic acids is 1. The van der Waals surface area contributed by atoms with Gasteiger partial charge in [-0.2, -0.15) is 0 Å². The molecule has 1 aliphatic heterocycles. The number of amides is 1. The van der Waals surface area contributed by atoms with Crippen molar-refractivity contribution in [1.29, 1.82) is 0 Å². The van der Waals surface area contributed by atoms with Crippen LogP contribution in [0.1, 0.15) is 29.0 Å². The molecule has 0 N–H and O–H groups in total. The first-order valence-electron chi connectivity index (χ1n) is 7.66. The second kappa shape index (κ2) is 6.65. The Morgan fingerprint density at radius 1 is 1.27 bits per heavy atom. The summed E-state index contributed by atoms with van der Waals surface area (Å²) in [5.41, 5.74) is 0.770. The zero-order valence-electron chi connectivity index (χ0n) is 12.7. The number of aryl methyl sites for hydroxylation is 1. The van der Waals surface area contributed by atoms with E-state index in [9.17, 15) is 4.79 Å². The fourth-order valence-corrected chi connectivity index (χ4v) is 3.23. The Morgan fingerprint density at radius 3 is 2.55 bits per heavy atom. The van der Waals surface area contributed by atoms with Crippen molar-refractivity contribution in [3.63, 3.8) is 0 Å². The molecule has 1 aliphatic rings. The third kappa shape index (κ3) is 3.40. The molecule has 1 amide bonds. The van der Waals surface area contributed by atoms with Gasteiger partial charge in [-0.25, -0.2) is 4.98 Å². The highest BCUT2D eigenvalue weighted by Gasteiger charge is 2.24. The number of aromatic nitrogens is 2. The zero-order valence-corrected chi connectivity index (χ0v) is 14.3. The second-order valence-electron chi connectivity index (χ2n) is 5.87. The van der Waals surface area contributed by atoms with Crippen molar-refractivity contribution in [2.24, 2.45) is 5.92 Å². The van der Waals surface area contributed by atoms with Gasteiger partial charge in [0.05, 0.1) is 0 Å². The van der Waals surface area contributed by atoms with E-state index in [0.717, 1.165) is 48.3 Å². The average Bonchev–Trinajstić information content (AvgIpc) is 2.93. The Kier molecular flexibility index (Phi) is 4.62. The molecule has 1 saturated heterocycles. The molecule has 0 unspecified atom stereocenters. The molecule has 3 rings (SSSR count). The normalized spacial score (nSPS) is 16.0. The van der Waals surface area contributed by atoms with Gasteiger partial charge >= 0.3 is 0 Å². The summed E-state index contributed by atoms with van der Waals surface area (Å²) < 4.78 is 3.20. The number of carbonyl (C=O) groups is 1. The predicted octanol–water partition coefficient (Wildman–Crippen LogP) is 3.51. The maximum atomic E-state index is 12.5. The highest BCUT2D eigenvalue weighted by molar-refractivity contribution is 9.10. The summed E-state index contributed by atoms with van der Waals surface area (Å²) in [5, 5.41) is 0. The molecule has 22 heavy (non-hydrogen) atoms. The molecule has 0 saturated carbocycles. The maximum Gasteiger partial charge on any atom is 0.253 e. The molecule has 2 heterocycles. The van der Waals surface area contributed by atoms with Crippen molar-refractivity contribution in [2.75, 3.05) is 13.1 Å². The highest BCUT2D eigenvalue weighted by Crippen LogP contribution is 2.21. The van der Waals surface area contributed by atoms with E-state index in [1.54, 1.807) is 0 Å². The molecule has 1 aromatic carbocycles. The summed E-state index contributed by atoms with van der Waals surface area (Å²) in [6, 6.07) is 7.60. The lowest BCUT2D eigenvalue weighted by Gasteiger charge is -2.32. The van der Waals surface area contributed by atoms with E-state index in [0.29, 0.717) is 5.92 Å². The van der Waals surface area contributed by atoms with Gasteiger partial charge in [-0.1, -0.05) is 15.9 Å². The molecule has 0 radical (unpaired) electrons. The molecule has 5 heteroatoms. The first kappa shape index (κ1) is 15.3. The Labute approximate surface area is 139 Å². The number of likely N-dealkylation sites (tertiary alicyclic amines) is 1. The van der Waals surface area contributed by atoms with Gasteiger partial charge in [-0.15, -0.1) is 0 Å². The van der Waals surface area contributed by atoms with Gasteiger partial charge in [0.2, 0.25) is 0 Å². The van der Waals surface area contributed by atoms with Crippen molar-refractivity contribution < 1.29 is 4.79 Å². The summed E-state index contributed by atoms with van der Waals surface area (Å²) in [5.74, 6) is 1.83. The van der Waals surface area contributed by atoms with Crippen molar-refractivity contribution in [1.82, 2.24) is 14.5 Å². The van der Waals surface area contributed by atoms with E-state index < -0.39 is 0 Å². The largest absolute Gasteiger partial charge is 0.339 e. The topological polar surface area (TPSA) is 38.1 Å². The molecule has 0 spiro atoms. The Balaban J connectivity index is 1.56. The van der Waals surface area contributed by atoms with Crippen molar-refractivity contribution in [3.8, 4) is 0 Å². The van der Waals surface area contributed by atoms with Gasteiger partial charge < -0.3 is 9.47 Å². The summed E-state index contributed by atoms with van der Waals surface area (Å²) in [6.07, 6.45) is 6.00. The van der Waals surface area contributed by atoms with Crippen LogP contribution in [0.4, 0.5) is 0 Å². The summed E-state index contributed by atoms with van der Waals surface area (Å²) in [7, 11) is 0. The SMILES string of the molecule is Cc1nccn1CC1CCN(C(=O)c2ccc(Br)cc2)CC1. The van der Waals surface area contributed by atoms with Crippen LogP contribution in [-0.2, 0) is 6.54 Å². The molecule has 0 atom stereocenters. The third-order valence-electron chi connectivity index (χ3n) is 4.37. The molecular formula is C17H20BrN3O. The highest BCUT2D eigenvalue weighted by atomic mass is 79.9. The maximum absolute atomic E-state index is 12.5. The summed E-state index contributed by atoms with van der Waals surface area (Å²) in [4.78, 5) is 18.7. The lowest BCUT2D eigenvalue weighted by molar-refractivity contribution is 0.0682.